The van der Waals surface area contributed by atoms with Crippen LogP contribution >= 0.6 is 0 Å². The van der Waals surface area contributed by atoms with Gasteiger partial charge in [0.1, 0.15) is 0 Å². The van der Waals surface area contributed by atoms with Gasteiger partial charge < -0.3 is 10.4 Å². The fourth-order valence-corrected chi connectivity index (χ4v) is 1.10. The minimum atomic E-state index is -0.981. The van der Waals surface area contributed by atoms with Gasteiger partial charge in [-0.25, -0.2) is 4.79 Å². The van der Waals surface area contributed by atoms with Gasteiger partial charge in [-0.05, 0) is 11.6 Å². The maximum Gasteiger partial charge on any atom is 0.336 e. The second-order valence-electron chi connectivity index (χ2n) is 2.87. The molecule has 0 radical (unpaired) electrons. The van der Waals surface area contributed by atoms with E-state index in [1.807, 2.05) is 0 Å². The minimum Gasteiger partial charge on any atom is -0.478 e. The molecule has 0 aliphatic heterocycles. The summed E-state index contributed by atoms with van der Waals surface area (Å²) in [6, 6.07) is 6.59. The molecule has 0 spiro atoms. The quantitative estimate of drug-likeness (QED) is 0.753. The predicted octanol–water partition coefficient (Wildman–Crippen LogP) is 1.02. The van der Waals surface area contributed by atoms with Gasteiger partial charge in [0, 0.05) is 13.5 Å². The Morgan fingerprint density at radius 2 is 2.00 bits per heavy atom. The predicted molar refractivity (Wildman–Crippen MR) is 50.9 cm³/mol. The lowest BCUT2D eigenvalue weighted by molar-refractivity contribution is -0.119. The van der Waals surface area contributed by atoms with Crippen LogP contribution in [0, 0.1) is 0 Å². The van der Waals surface area contributed by atoms with Crippen molar-refractivity contribution in [2.45, 2.75) is 13.5 Å². The summed E-state index contributed by atoms with van der Waals surface area (Å²) in [5.41, 5.74) is 0.830. The zero-order valence-corrected chi connectivity index (χ0v) is 7.78. The number of aromatic carboxylic acids is 1. The molecule has 0 fully saturated rings. The van der Waals surface area contributed by atoms with Crippen LogP contribution < -0.4 is 5.32 Å². The Morgan fingerprint density at radius 1 is 1.36 bits per heavy atom. The summed E-state index contributed by atoms with van der Waals surface area (Å²) in [6.07, 6.45) is 0. The molecule has 2 N–H and O–H groups in total. The highest BCUT2D eigenvalue weighted by Gasteiger charge is 2.08. The lowest BCUT2D eigenvalue weighted by atomic mass is 10.1. The zero-order valence-electron chi connectivity index (χ0n) is 7.78. The van der Waals surface area contributed by atoms with Crippen LogP contribution in [0.4, 0.5) is 0 Å². The molecule has 0 aromatic heterocycles. The van der Waals surface area contributed by atoms with E-state index in [9.17, 15) is 9.59 Å². The van der Waals surface area contributed by atoms with Crippen LogP contribution in [-0.2, 0) is 11.3 Å². The highest BCUT2D eigenvalue weighted by atomic mass is 16.4. The number of benzene rings is 1. The Hall–Kier alpha value is -1.84. The second kappa shape index (κ2) is 4.41. The second-order valence-corrected chi connectivity index (χ2v) is 2.87. The Labute approximate surface area is 81.6 Å². The van der Waals surface area contributed by atoms with Crippen LogP contribution in [0.3, 0.4) is 0 Å². The van der Waals surface area contributed by atoms with E-state index >= 15 is 0 Å². The number of amides is 1. The molecule has 4 nitrogen and oxygen atoms in total. The lowest BCUT2D eigenvalue weighted by Crippen LogP contribution is -2.20. The molecule has 14 heavy (non-hydrogen) atoms. The summed E-state index contributed by atoms with van der Waals surface area (Å²) in [4.78, 5) is 21.4. The van der Waals surface area contributed by atoms with E-state index in [1.165, 1.54) is 13.0 Å². The van der Waals surface area contributed by atoms with E-state index < -0.39 is 5.97 Å². The third kappa shape index (κ3) is 2.58. The number of hydrogen-bond acceptors (Lipinski definition) is 2. The third-order valence-corrected chi connectivity index (χ3v) is 1.78. The van der Waals surface area contributed by atoms with Crippen molar-refractivity contribution in [3.63, 3.8) is 0 Å². The van der Waals surface area contributed by atoms with Crippen LogP contribution in [-0.4, -0.2) is 17.0 Å². The smallest absolute Gasteiger partial charge is 0.336 e. The van der Waals surface area contributed by atoms with Crippen LogP contribution in [0.5, 0.6) is 0 Å². The number of carboxylic acids is 1. The molecular formula is C10H11NO3. The van der Waals surface area contributed by atoms with Gasteiger partial charge in [-0.3, -0.25) is 4.79 Å². The molecule has 1 amide bonds. The number of carbonyl (C=O) groups excluding carboxylic acids is 1. The molecule has 4 heteroatoms. The summed E-state index contributed by atoms with van der Waals surface area (Å²) in [6.45, 7) is 1.64. The highest BCUT2D eigenvalue weighted by molar-refractivity contribution is 5.89. The highest BCUT2D eigenvalue weighted by Crippen LogP contribution is 2.07. The first-order valence-corrected chi connectivity index (χ1v) is 4.17. The molecule has 0 heterocycles. The molecule has 74 valence electrons. The fourth-order valence-electron chi connectivity index (χ4n) is 1.10. The Balaban J connectivity index is 2.84. The SMILES string of the molecule is CC(=O)NCc1ccccc1C(=O)O. The van der Waals surface area contributed by atoms with Crippen LogP contribution in [0.25, 0.3) is 0 Å². The molecule has 1 aromatic carbocycles. The van der Waals surface area contributed by atoms with Crippen molar-refractivity contribution < 1.29 is 14.7 Å². The number of rotatable bonds is 3. The molecule has 0 atom stereocenters. The first-order chi connectivity index (χ1) is 6.61. The zero-order chi connectivity index (χ0) is 10.6. The normalized spacial score (nSPS) is 9.50. The monoisotopic (exact) mass is 193 g/mol. The van der Waals surface area contributed by atoms with E-state index in [2.05, 4.69) is 5.32 Å². The summed E-state index contributed by atoms with van der Waals surface area (Å²) in [5.74, 6) is -1.16. The maximum absolute atomic E-state index is 10.8. The topological polar surface area (TPSA) is 66.4 Å². The van der Waals surface area contributed by atoms with Crippen molar-refractivity contribution in [3.05, 3.63) is 35.4 Å². The van der Waals surface area contributed by atoms with Gasteiger partial charge in [0.15, 0.2) is 0 Å². The molecule has 0 aliphatic rings. The molecule has 0 saturated carbocycles. The van der Waals surface area contributed by atoms with E-state index in [1.54, 1.807) is 18.2 Å². The van der Waals surface area contributed by atoms with Crippen molar-refractivity contribution in [1.29, 1.82) is 0 Å². The van der Waals surface area contributed by atoms with Crippen LogP contribution in [0.2, 0.25) is 0 Å². The first kappa shape index (κ1) is 10.2. The Bertz CT molecular complexity index is 360. The minimum absolute atomic E-state index is 0.176. The fraction of sp³-hybridized carbons (Fsp3) is 0.200. The summed E-state index contributed by atoms with van der Waals surface area (Å²) >= 11 is 0. The molecule has 0 saturated heterocycles. The van der Waals surface area contributed by atoms with Crippen molar-refractivity contribution >= 4 is 11.9 Å². The van der Waals surface area contributed by atoms with Crippen molar-refractivity contribution in [3.8, 4) is 0 Å². The van der Waals surface area contributed by atoms with E-state index in [0.29, 0.717) is 5.56 Å². The van der Waals surface area contributed by atoms with E-state index in [0.717, 1.165) is 0 Å². The van der Waals surface area contributed by atoms with Gasteiger partial charge in [-0.2, -0.15) is 0 Å². The van der Waals surface area contributed by atoms with E-state index in [-0.39, 0.29) is 18.0 Å². The summed E-state index contributed by atoms with van der Waals surface area (Å²) in [5, 5.41) is 11.4. The number of hydrogen-bond donors (Lipinski definition) is 2. The van der Waals surface area contributed by atoms with Gasteiger partial charge in [-0.15, -0.1) is 0 Å². The van der Waals surface area contributed by atoms with Crippen molar-refractivity contribution in [2.24, 2.45) is 0 Å². The number of nitrogens with one attached hydrogen (secondary N) is 1. The number of carbonyl (C=O) groups is 2. The number of carboxylic acid groups (broad SMARTS) is 1. The molecular weight excluding hydrogens is 182 g/mol. The third-order valence-electron chi connectivity index (χ3n) is 1.78. The van der Waals surface area contributed by atoms with Crippen LogP contribution in [0.1, 0.15) is 22.8 Å². The Kier molecular flexibility index (Phi) is 3.23. The van der Waals surface area contributed by atoms with Crippen molar-refractivity contribution in [2.75, 3.05) is 0 Å². The lowest BCUT2D eigenvalue weighted by Gasteiger charge is -2.05. The van der Waals surface area contributed by atoms with Gasteiger partial charge >= 0.3 is 5.97 Å². The average Bonchev–Trinajstić information content (AvgIpc) is 2.15. The largest absolute Gasteiger partial charge is 0.478 e. The summed E-state index contributed by atoms with van der Waals surface area (Å²) in [7, 11) is 0. The van der Waals surface area contributed by atoms with Crippen molar-refractivity contribution in [1.82, 2.24) is 5.32 Å². The molecule has 1 aromatic rings. The van der Waals surface area contributed by atoms with Crippen LogP contribution in [0.15, 0.2) is 24.3 Å². The van der Waals surface area contributed by atoms with Gasteiger partial charge in [0.05, 0.1) is 5.56 Å². The van der Waals surface area contributed by atoms with E-state index in [4.69, 9.17) is 5.11 Å². The van der Waals surface area contributed by atoms with Gasteiger partial charge in [-0.1, -0.05) is 18.2 Å². The molecule has 0 aliphatic carbocycles. The molecule has 0 bridgehead atoms. The summed E-state index contributed by atoms with van der Waals surface area (Å²) < 4.78 is 0. The standard InChI is InChI=1S/C10H11NO3/c1-7(12)11-6-8-4-2-3-5-9(8)10(13)14/h2-5H,6H2,1H3,(H,11,12)(H,13,14). The van der Waals surface area contributed by atoms with Gasteiger partial charge in [0.2, 0.25) is 5.91 Å². The first-order valence-electron chi connectivity index (χ1n) is 4.17. The van der Waals surface area contributed by atoms with Gasteiger partial charge in [0.25, 0.3) is 0 Å². The molecule has 1 rings (SSSR count). The average molecular weight is 193 g/mol. The maximum atomic E-state index is 10.8. The Morgan fingerprint density at radius 3 is 2.57 bits per heavy atom. The molecule has 0 unspecified atom stereocenters.